The van der Waals surface area contributed by atoms with E-state index in [-0.39, 0.29) is 11.6 Å². The first-order chi connectivity index (χ1) is 12.5. The highest BCUT2D eigenvalue weighted by Crippen LogP contribution is 2.28. The van der Waals surface area contributed by atoms with E-state index in [0.29, 0.717) is 22.5 Å². The minimum Gasteiger partial charge on any atom is -0.327 e. The maximum Gasteiger partial charge on any atom is 0.319 e. The number of nitrogens with zero attached hydrogens (tertiary/aromatic N) is 1. The number of rotatable bonds is 4. The molecule has 0 spiro atoms. The Balaban J connectivity index is 1.93. The van der Waals surface area contributed by atoms with E-state index in [2.05, 4.69) is 16.0 Å². The average molecular weight is 352 g/mol. The van der Waals surface area contributed by atoms with Crippen molar-refractivity contribution in [1.29, 1.82) is 0 Å². The molecular weight excluding hydrogens is 336 g/mol. The van der Waals surface area contributed by atoms with Crippen LogP contribution in [0.15, 0.2) is 65.9 Å². The summed E-state index contributed by atoms with van der Waals surface area (Å²) in [6, 6.07) is 13.5. The fourth-order valence-electron chi connectivity index (χ4n) is 2.75. The normalized spacial score (nSPS) is 16.5. The van der Waals surface area contributed by atoms with Crippen LogP contribution in [0.3, 0.4) is 0 Å². The van der Waals surface area contributed by atoms with Gasteiger partial charge in [-0.05, 0) is 36.8 Å². The van der Waals surface area contributed by atoms with Crippen LogP contribution in [0, 0.1) is 10.1 Å². The molecular formula is C18H16N4O4. The highest BCUT2D eigenvalue weighted by Gasteiger charge is 2.31. The van der Waals surface area contributed by atoms with Crippen LogP contribution in [0.1, 0.15) is 18.5 Å². The molecule has 0 bridgehead atoms. The van der Waals surface area contributed by atoms with Gasteiger partial charge < -0.3 is 16.0 Å². The van der Waals surface area contributed by atoms with Crippen LogP contribution in [-0.4, -0.2) is 16.9 Å². The van der Waals surface area contributed by atoms with Gasteiger partial charge in [0, 0.05) is 23.5 Å². The molecule has 3 amide bonds. The molecule has 0 radical (unpaired) electrons. The van der Waals surface area contributed by atoms with Gasteiger partial charge in [0.1, 0.15) is 0 Å². The molecule has 2 aromatic carbocycles. The van der Waals surface area contributed by atoms with E-state index < -0.39 is 17.0 Å². The molecule has 0 saturated heterocycles. The van der Waals surface area contributed by atoms with Crippen molar-refractivity contribution in [2.45, 2.75) is 13.0 Å². The Morgan fingerprint density at radius 3 is 2.38 bits per heavy atom. The molecule has 0 aliphatic carbocycles. The molecule has 1 aliphatic rings. The number of urea groups is 1. The minimum absolute atomic E-state index is 0.0648. The van der Waals surface area contributed by atoms with Crippen LogP contribution in [-0.2, 0) is 4.79 Å². The molecule has 2 aromatic rings. The van der Waals surface area contributed by atoms with Gasteiger partial charge >= 0.3 is 6.03 Å². The highest BCUT2D eigenvalue weighted by atomic mass is 16.6. The summed E-state index contributed by atoms with van der Waals surface area (Å²) in [5.41, 5.74) is 1.89. The van der Waals surface area contributed by atoms with E-state index in [0.717, 1.165) is 0 Å². The van der Waals surface area contributed by atoms with E-state index >= 15 is 0 Å². The zero-order chi connectivity index (χ0) is 18.7. The third kappa shape index (κ3) is 3.54. The smallest absolute Gasteiger partial charge is 0.319 e. The maximum atomic E-state index is 12.8. The Morgan fingerprint density at radius 1 is 1.12 bits per heavy atom. The number of carbonyl (C=O) groups is 2. The van der Waals surface area contributed by atoms with Gasteiger partial charge in [-0.15, -0.1) is 0 Å². The van der Waals surface area contributed by atoms with Gasteiger partial charge in [-0.25, -0.2) is 4.79 Å². The van der Waals surface area contributed by atoms with Crippen molar-refractivity contribution in [3.8, 4) is 0 Å². The quantitative estimate of drug-likeness (QED) is 0.580. The number of non-ortho nitro benzene ring substituents is 1. The topological polar surface area (TPSA) is 113 Å². The van der Waals surface area contributed by atoms with Crippen molar-refractivity contribution in [2.75, 3.05) is 5.32 Å². The largest absolute Gasteiger partial charge is 0.327 e. The lowest BCUT2D eigenvalue weighted by atomic mass is 9.94. The number of hydrogen-bond donors (Lipinski definition) is 3. The Hall–Kier alpha value is -3.68. The number of nitro benzene ring substituents is 1. The fraction of sp³-hybridized carbons (Fsp3) is 0.111. The molecule has 1 aliphatic heterocycles. The predicted molar refractivity (Wildman–Crippen MR) is 95.3 cm³/mol. The molecule has 8 nitrogen and oxygen atoms in total. The first-order valence-electron chi connectivity index (χ1n) is 7.85. The number of anilines is 1. The van der Waals surface area contributed by atoms with Crippen molar-refractivity contribution in [2.24, 2.45) is 0 Å². The summed E-state index contributed by atoms with van der Waals surface area (Å²) < 4.78 is 0. The lowest BCUT2D eigenvalue weighted by Gasteiger charge is -2.28. The first kappa shape index (κ1) is 17.2. The molecule has 3 N–H and O–H groups in total. The van der Waals surface area contributed by atoms with Crippen LogP contribution >= 0.6 is 0 Å². The van der Waals surface area contributed by atoms with Gasteiger partial charge in [0.2, 0.25) is 0 Å². The second-order valence-electron chi connectivity index (χ2n) is 5.74. The molecule has 3 rings (SSSR count). The number of benzene rings is 2. The molecule has 0 saturated carbocycles. The lowest BCUT2D eigenvalue weighted by molar-refractivity contribution is -0.384. The van der Waals surface area contributed by atoms with Crippen molar-refractivity contribution < 1.29 is 14.5 Å². The van der Waals surface area contributed by atoms with Crippen LogP contribution in [0.4, 0.5) is 16.2 Å². The first-order valence-corrected chi connectivity index (χ1v) is 7.85. The van der Waals surface area contributed by atoms with Crippen molar-refractivity contribution in [3.05, 3.63) is 81.5 Å². The van der Waals surface area contributed by atoms with E-state index in [1.165, 1.54) is 24.3 Å². The fourth-order valence-corrected chi connectivity index (χ4v) is 2.75. The zero-order valence-corrected chi connectivity index (χ0v) is 13.9. The molecule has 1 atom stereocenters. The van der Waals surface area contributed by atoms with Crippen molar-refractivity contribution >= 4 is 23.3 Å². The Morgan fingerprint density at radius 2 is 1.77 bits per heavy atom. The molecule has 26 heavy (non-hydrogen) atoms. The predicted octanol–water partition coefficient (Wildman–Crippen LogP) is 2.86. The maximum absolute atomic E-state index is 12.8. The van der Waals surface area contributed by atoms with Gasteiger partial charge in [-0.2, -0.15) is 0 Å². The van der Waals surface area contributed by atoms with Gasteiger partial charge in [-0.3, -0.25) is 14.9 Å². The van der Waals surface area contributed by atoms with Crippen LogP contribution < -0.4 is 16.0 Å². The third-order valence-corrected chi connectivity index (χ3v) is 3.98. The molecule has 0 unspecified atom stereocenters. The molecule has 0 aromatic heterocycles. The third-order valence-electron chi connectivity index (χ3n) is 3.98. The van der Waals surface area contributed by atoms with Crippen LogP contribution in [0.2, 0.25) is 0 Å². The summed E-state index contributed by atoms with van der Waals surface area (Å²) in [5.74, 6) is -0.371. The summed E-state index contributed by atoms with van der Waals surface area (Å²) in [7, 11) is 0. The second kappa shape index (κ2) is 7.06. The summed E-state index contributed by atoms with van der Waals surface area (Å²) in [4.78, 5) is 35.0. The Labute approximate surface area is 149 Å². The van der Waals surface area contributed by atoms with Crippen molar-refractivity contribution in [1.82, 2.24) is 10.6 Å². The Bertz CT molecular complexity index is 891. The number of para-hydroxylation sites is 1. The van der Waals surface area contributed by atoms with Gasteiger partial charge in [0.05, 0.1) is 16.5 Å². The summed E-state index contributed by atoms with van der Waals surface area (Å²) >= 11 is 0. The SMILES string of the molecule is CC1=C(C(=O)Nc2ccccc2)[C@H](c2ccc([N+](=O)[O-])cc2)NC(=O)N1. The number of carbonyl (C=O) groups excluding carboxylic acids is 2. The number of allylic oxidation sites excluding steroid dienone is 1. The van der Waals surface area contributed by atoms with E-state index in [4.69, 9.17) is 0 Å². The zero-order valence-electron chi connectivity index (χ0n) is 13.9. The van der Waals surface area contributed by atoms with Crippen molar-refractivity contribution in [3.63, 3.8) is 0 Å². The lowest BCUT2D eigenvalue weighted by Crippen LogP contribution is -2.45. The average Bonchev–Trinajstić information content (AvgIpc) is 2.61. The van der Waals surface area contributed by atoms with Gasteiger partial charge in [-0.1, -0.05) is 18.2 Å². The minimum atomic E-state index is -0.715. The van der Waals surface area contributed by atoms with E-state index in [1.807, 2.05) is 6.07 Å². The number of hydrogen-bond acceptors (Lipinski definition) is 4. The molecule has 1 heterocycles. The summed E-state index contributed by atoms with van der Waals surface area (Å²) in [5, 5.41) is 18.9. The number of nitrogens with one attached hydrogen (secondary N) is 3. The van der Waals surface area contributed by atoms with Gasteiger partial charge in [0.15, 0.2) is 0 Å². The molecule has 0 fully saturated rings. The monoisotopic (exact) mass is 352 g/mol. The van der Waals surface area contributed by atoms with E-state index in [9.17, 15) is 19.7 Å². The van der Waals surface area contributed by atoms with Crippen LogP contribution in [0.5, 0.6) is 0 Å². The summed E-state index contributed by atoms with van der Waals surface area (Å²) in [6.07, 6.45) is 0. The Kier molecular flexibility index (Phi) is 4.66. The number of amides is 3. The molecule has 132 valence electrons. The standard InChI is InChI=1S/C18H16N4O4/c1-11-15(17(23)20-13-5-3-2-4-6-13)16(21-18(24)19-11)12-7-9-14(10-8-12)22(25)26/h2-10,16H,1H3,(H,20,23)(H2,19,21,24)/t16-/m0/s1. The van der Waals surface area contributed by atoms with Crippen LogP contribution in [0.25, 0.3) is 0 Å². The number of nitro groups is 1. The van der Waals surface area contributed by atoms with E-state index in [1.54, 1.807) is 31.2 Å². The molecule has 8 heteroatoms. The summed E-state index contributed by atoms with van der Waals surface area (Å²) in [6.45, 7) is 1.64. The van der Waals surface area contributed by atoms with Gasteiger partial charge in [0.25, 0.3) is 11.6 Å². The second-order valence-corrected chi connectivity index (χ2v) is 5.74. The highest BCUT2D eigenvalue weighted by molar-refractivity contribution is 6.06.